The molecule has 7 rings (SSSR count). The molecule has 4 heterocycles. The number of benzene rings is 2. The van der Waals surface area contributed by atoms with Crippen LogP contribution >= 0.6 is 12.4 Å². The van der Waals surface area contributed by atoms with Gasteiger partial charge in [-0.05, 0) is 36.1 Å². The highest BCUT2D eigenvalue weighted by Crippen LogP contribution is 2.35. The number of pyridine rings is 1. The molecule has 278 valence electrons. The van der Waals surface area contributed by atoms with E-state index in [1.54, 1.807) is 35.4 Å². The van der Waals surface area contributed by atoms with Crippen molar-refractivity contribution in [3.63, 3.8) is 0 Å². The summed E-state index contributed by atoms with van der Waals surface area (Å²) >= 11 is 0. The van der Waals surface area contributed by atoms with Crippen LogP contribution in [0.3, 0.4) is 0 Å². The second-order valence-electron chi connectivity index (χ2n) is 13.2. The predicted molar refractivity (Wildman–Crippen MR) is 202 cm³/mol. The van der Waals surface area contributed by atoms with Crippen LogP contribution < -0.4 is 26.2 Å². The van der Waals surface area contributed by atoms with Gasteiger partial charge in [-0.3, -0.25) is 9.78 Å². The summed E-state index contributed by atoms with van der Waals surface area (Å²) in [5, 5.41) is 43.4. The van der Waals surface area contributed by atoms with E-state index in [2.05, 4.69) is 50.5 Å². The molecule has 53 heavy (non-hydrogen) atoms. The van der Waals surface area contributed by atoms with Crippen LogP contribution in [0.2, 0.25) is 0 Å². The zero-order valence-corrected chi connectivity index (χ0v) is 29.6. The SMILES string of the molecule is Cl.O=C(CCO)NC1CC(n2cnc3c(NCC(c4ccccc4)c4ccccc4)nc(N4CCC(NC(=O)Nc5cccnc5)C4)nc32)C(O)C1O. The molecule has 7 N–H and O–H groups in total. The van der Waals surface area contributed by atoms with E-state index in [1.165, 1.54) is 0 Å². The monoisotopic (exact) mass is 742 g/mol. The highest BCUT2D eigenvalue weighted by atomic mass is 35.5. The number of anilines is 3. The topological polar surface area (TPSA) is 203 Å². The molecule has 5 unspecified atom stereocenters. The van der Waals surface area contributed by atoms with E-state index >= 15 is 0 Å². The molecule has 1 saturated heterocycles. The first-order valence-electron chi connectivity index (χ1n) is 17.4. The van der Waals surface area contributed by atoms with E-state index in [9.17, 15) is 24.9 Å². The molecule has 1 saturated carbocycles. The van der Waals surface area contributed by atoms with E-state index in [-0.39, 0.29) is 49.8 Å². The molecule has 0 radical (unpaired) electrons. The second-order valence-corrected chi connectivity index (χ2v) is 13.2. The number of nitrogens with one attached hydrogen (secondary N) is 4. The summed E-state index contributed by atoms with van der Waals surface area (Å²) in [6.07, 6.45) is 3.12. The summed E-state index contributed by atoms with van der Waals surface area (Å²) in [6.45, 7) is 1.21. The zero-order valence-electron chi connectivity index (χ0n) is 28.8. The van der Waals surface area contributed by atoms with Gasteiger partial charge in [0.2, 0.25) is 11.9 Å². The molecule has 5 aromatic rings. The average molecular weight is 743 g/mol. The van der Waals surface area contributed by atoms with E-state index in [4.69, 9.17) is 15.0 Å². The molecule has 5 atom stereocenters. The van der Waals surface area contributed by atoms with Gasteiger partial charge in [-0.1, -0.05) is 60.7 Å². The van der Waals surface area contributed by atoms with Crippen LogP contribution in [0.1, 0.15) is 42.3 Å². The minimum atomic E-state index is -1.23. The number of carbonyl (C=O) groups is 2. The van der Waals surface area contributed by atoms with Crippen molar-refractivity contribution in [3.05, 3.63) is 103 Å². The number of nitrogens with zero attached hydrogens (tertiary/aromatic N) is 6. The van der Waals surface area contributed by atoms with Crippen molar-refractivity contribution in [2.75, 3.05) is 41.8 Å². The first-order chi connectivity index (χ1) is 25.4. The Bertz CT molecular complexity index is 1930. The van der Waals surface area contributed by atoms with Crippen LogP contribution in [0.15, 0.2) is 91.5 Å². The standard InChI is InChI=1S/C37H42N10O5.ClH/c48-17-14-30(49)43-28-18-29(33(51)32(28)50)47-22-40-31-34(39-20-27(23-8-3-1-4-9-23)24-10-5-2-6-11-24)44-36(45-35(31)47)46-16-13-26(21-46)42-37(52)41-25-12-7-15-38-19-25;/h1-12,15,19,22,26-29,32-33,48,50-51H,13-14,16-18,20-21H2,(H,43,49)(H,39,44,45)(H2,41,42,52);1H. The maximum Gasteiger partial charge on any atom is 0.319 e. The quantitative estimate of drug-likeness (QED) is 0.0991. The van der Waals surface area contributed by atoms with E-state index < -0.39 is 30.2 Å². The molecule has 1 aliphatic carbocycles. The lowest BCUT2D eigenvalue weighted by atomic mass is 9.91. The van der Waals surface area contributed by atoms with Crippen molar-refractivity contribution in [1.29, 1.82) is 0 Å². The third-order valence-corrected chi connectivity index (χ3v) is 9.71. The van der Waals surface area contributed by atoms with E-state index in [0.29, 0.717) is 54.7 Å². The summed E-state index contributed by atoms with van der Waals surface area (Å²) < 4.78 is 1.73. The largest absolute Gasteiger partial charge is 0.396 e. The van der Waals surface area contributed by atoms with Gasteiger partial charge in [-0.2, -0.15) is 9.97 Å². The Balaban J connectivity index is 0.00000481. The maximum atomic E-state index is 12.8. The number of hydrogen-bond acceptors (Lipinski definition) is 11. The first kappa shape index (κ1) is 37.4. The Morgan fingerprint density at radius 3 is 2.34 bits per heavy atom. The summed E-state index contributed by atoms with van der Waals surface area (Å²) in [7, 11) is 0. The zero-order chi connectivity index (χ0) is 36.0. The normalized spacial score (nSPS) is 21.0. The molecule has 3 amide bonds. The number of aromatic nitrogens is 5. The van der Waals surface area contributed by atoms with Crippen molar-refractivity contribution in [3.8, 4) is 0 Å². The van der Waals surface area contributed by atoms with Crippen LogP contribution in [0.5, 0.6) is 0 Å². The molecule has 15 nitrogen and oxygen atoms in total. The third kappa shape index (κ3) is 8.49. The number of hydrogen-bond donors (Lipinski definition) is 7. The molecule has 1 aliphatic heterocycles. The lowest BCUT2D eigenvalue weighted by Crippen LogP contribution is -2.43. The van der Waals surface area contributed by atoms with Crippen LogP contribution in [0, 0.1) is 0 Å². The number of imidazole rings is 1. The average Bonchev–Trinajstić information content (AvgIpc) is 3.88. The highest BCUT2D eigenvalue weighted by molar-refractivity contribution is 5.89. The molecule has 2 aliphatic rings. The van der Waals surface area contributed by atoms with Gasteiger partial charge in [0.25, 0.3) is 0 Å². The minimum absolute atomic E-state index is 0. The minimum Gasteiger partial charge on any atom is -0.396 e. The fourth-order valence-corrected chi connectivity index (χ4v) is 7.07. The van der Waals surface area contributed by atoms with Crippen molar-refractivity contribution in [1.82, 2.24) is 35.1 Å². The number of aliphatic hydroxyl groups is 3. The number of urea groups is 1. The fourth-order valence-electron chi connectivity index (χ4n) is 7.07. The molecule has 2 fully saturated rings. The number of amides is 3. The predicted octanol–water partition coefficient (Wildman–Crippen LogP) is 2.82. The van der Waals surface area contributed by atoms with Gasteiger partial charge in [0.05, 0.1) is 36.9 Å². The first-order valence-corrected chi connectivity index (χ1v) is 17.4. The Morgan fingerprint density at radius 1 is 0.925 bits per heavy atom. The van der Waals surface area contributed by atoms with Gasteiger partial charge in [0.1, 0.15) is 12.2 Å². The Kier molecular flexibility index (Phi) is 12.0. The van der Waals surface area contributed by atoms with Gasteiger partial charge >= 0.3 is 6.03 Å². The molecule has 2 aromatic carbocycles. The Labute approximate surface area is 312 Å². The Morgan fingerprint density at radius 2 is 1.66 bits per heavy atom. The second kappa shape index (κ2) is 17.0. The number of rotatable bonds is 12. The van der Waals surface area contributed by atoms with Crippen molar-refractivity contribution in [2.45, 2.75) is 55.5 Å². The molecule has 16 heteroatoms. The number of carbonyl (C=O) groups excluding carboxylic acids is 2. The molecule has 0 spiro atoms. The summed E-state index contributed by atoms with van der Waals surface area (Å²) in [6, 6.07) is 22.1. The highest BCUT2D eigenvalue weighted by Gasteiger charge is 2.44. The molecular formula is C37H43ClN10O5. The smallest absolute Gasteiger partial charge is 0.319 e. The van der Waals surface area contributed by atoms with Crippen LogP contribution in [-0.2, 0) is 4.79 Å². The third-order valence-electron chi connectivity index (χ3n) is 9.71. The summed E-state index contributed by atoms with van der Waals surface area (Å²) in [4.78, 5) is 45.7. The lowest BCUT2D eigenvalue weighted by molar-refractivity contribution is -0.123. The lowest BCUT2D eigenvalue weighted by Gasteiger charge is -2.22. The van der Waals surface area contributed by atoms with E-state index in [0.717, 1.165) is 11.1 Å². The molecule has 3 aromatic heterocycles. The van der Waals surface area contributed by atoms with Gasteiger partial charge in [-0.25, -0.2) is 9.78 Å². The Hall–Kier alpha value is -5.35. The molecular weight excluding hydrogens is 700 g/mol. The van der Waals surface area contributed by atoms with E-state index in [1.807, 2.05) is 41.3 Å². The van der Waals surface area contributed by atoms with Crippen LogP contribution in [-0.4, -0.2) is 102 Å². The van der Waals surface area contributed by atoms with Gasteiger partial charge in [-0.15, -0.1) is 12.4 Å². The van der Waals surface area contributed by atoms with Crippen LogP contribution in [0.25, 0.3) is 11.2 Å². The van der Waals surface area contributed by atoms with Crippen LogP contribution in [0.4, 0.5) is 22.2 Å². The maximum absolute atomic E-state index is 12.8. The van der Waals surface area contributed by atoms with Crippen molar-refractivity contribution in [2.24, 2.45) is 0 Å². The fraction of sp³-hybridized carbons (Fsp3) is 0.351. The van der Waals surface area contributed by atoms with Gasteiger partial charge in [0, 0.05) is 44.2 Å². The van der Waals surface area contributed by atoms with Gasteiger partial charge < -0.3 is 46.1 Å². The number of aliphatic hydroxyl groups excluding tert-OH is 3. The van der Waals surface area contributed by atoms with Crippen molar-refractivity contribution >= 4 is 53.0 Å². The van der Waals surface area contributed by atoms with Crippen molar-refractivity contribution < 1.29 is 24.9 Å². The van der Waals surface area contributed by atoms with Gasteiger partial charge in [0.15, 0.2) is 17.0 Å². The molecule has 0 bridgehead atoms. The summed E-state index contributed by atoms with van der Waals surface area (Å²) in [5.41, 5.74) is 3.79. The number of fused-ring (bicyclic) bond motifs is 1. The number of halogens is 1. The summed E-state index contributed by atoms with van der Waals surface area (Å²) in [5.74, 6) is 0.503.